The van der Waals surface area contributed by atoms with Gasteiger partial charge in [0.15, 0.2) is 0 Å². The summed E-state index contributed by atoms with van der Waals surface area (Å²) >= 11 is -0.374. The quantitative estimate of drug-likeness (QED) is 0.106. The summed E-state index contributed by atoms with van der Waals surface area (Å²) in [4.78, 5) is 42.6. The van der Waals surface area contributed by atoms with Crippen molar-refractivity contribution in [2.24, 2.45) is 4.99 Å². The average molecular weight is 676 g/mol. The van der Waals surface area contributed by atoms with Crippen LogP contribution in [-0.2, 0) is 5.32 Å². The normalized spacial score (nSPS) is 11.4. The van der Waals surface area contributed by atoms with Gasteiger partial charge in [0.25, 0.3) is 0 Å². The maximum atomic E-state index is 14.1. The monoisotopic (exact) mass is 676 g/mol. The zero-order valence-corrected chi connectivity index (χ0v) is 26.9. The van der Waals surface area contributed by atoms with Crippen LogP contribution in [0.3, 0.4) is 0 Å². The third-order valence-corrected chi connectivity index (χ3v) is 9.64. The van der Waals surface area contributed by atoms with Gasteiger partial charge >= 0.3 is 279 Å². The Morgan fingerprint density at radius 2 is 1.04 bits per heavy atom. The van der Waals surface area contributed by atoms with Crippen molar-refractivity contribution in [3.05, 3.63) is 168 Å². The number of para-hydroxylation sites is 2. The molecule has 0 radical (unpaired) electrons. The second kappa shape index (κ2) is 13.7. The van der Waals surface area contributed by atoms with Gasteiger partial charge in [-0.1, -0.05) is 0 Å². The van der Waals surface area contributed by atoms with E-state index < -0.39 is 5.91 Å². The number of amides is 2. The molecule has 0 saturated heterocycles. The summed E-state index contributed by atoms with van der Waals surface area (Å²) in [5.74, 6) is -0.837. The number of nitrogens with one attached hydrogen (secondary N) is 1. The molecule has 2 heterocycles. The van der Waals surface area contributed by atoms with Crippen LogP contribution in [0, 0.1) is 0 Å². The Hall–Kier alpha value is -5.75. The Morgan fingerprint density at radius 3 is 1.62 bits per heavy atom. The summed E-state index contributed by atoms with van der Waals surface area (Å²) in [6.07, 6.45) is 0. The second-order valence-corrected chi connectivity index (χ2v) is 12.9. The van der Waals surface area contributed by atoms with E-state index in [2.05, 4.69) is 10.3 Å². The Balaban J connectivity index is 1.30. The van der Waals surface area contributed by atoms with E-state index in [0.717, 1.165) is 38.5 Å². The SMILES string of the molecule is O=C(N=C(NC(=O)c1cc2ccccc2nc1-c1ccccc1)[Se]Cc1ccccc1)c1cc2ccccc2nc1-c1ccccc1. The summed E-state index contributed by atoms with van der Waals surface area (Å²) in [5.41, 5.74) is 6.18. The molecule has 0 aliphatic carbocycles. The van der Waals surface area contributed by atoms with Crippen LogP contribution in [0.25, 0.3) is 44.3 Å². The molecular formula is C40H28N4O2Se. The molecule has 0 atom stereocenters. The van der Waals surface area contributed by atoms with Crippen LogP contribution in [0.1, 0.15) is 26.3 Å². The van der Waals surface area contributed by atoms with E-state index in [9.17, 15) is 9.59 Å². The van der Waals surface area contributed by atoms with Gasteiger partial charge in [-0.15, -0.1) is 0 Å². The summed E-state index contributed by atoms with van der Waals surface area (Å²) in [6, 6.07) is 48.3. The summed E-state index contributed by atoms with van der Waals surface area (Å²) in [6.45, 7) is 0. The molecule has 7 aromatic rings. The van der Waals surface area contributed by atoms with Crippen LogP contribution in [0.5, 0.6) is 0 Å². The third-order valence-electron chi connectivity index (χ3n) is 7.66. The van der Waals surface area contributed by atoms with Crippen molar-refractivity contribution in [3.8, 4) is 22.5 Å². The zero-order chi connectivity index (χ0) is 32.0. The first-order valence-electron chi connectivity index (χ1n) is 15.1. The predicted octanol–water partition coefficient (Wildman–Crippen LogP) is 7.95. The second-order valence-electron chi connectivity index (χ2n) is 10.8. The molecule has 0 bridgehead atoms. The van der Waals surface area contributed by atoms with Gasteiger partial charge in [0.2, 0.25) is 0 Å². The number of rotatable bonds is 7. The van der Waals surface area contributed by atoms with Crippen molar-refractivity contribution in [3.63, 3.8) is 0 Å². The number of aliphatic imine (C=N–C) groups is 1. The van der Waals surface area contributed by atoms with Crippen molar-refractivity contribution in [2.75, 3.05) is 0 Å². The minimum absolute atomic E-state index is 0.329. The van der Waals surface area contributed by atoms with Gasteiger partial charge in [0.05, 0.1) is 0 Å². The molecule has 2 aromatic heterocycles. The van der Waals surface area contributed by atoms with Gasteiger partial charge in [-0.05, 0) is 0 Å². The maximum absolute atomic E-state index is 14.1. The summed E-state index contributed by atoms with van der Waals surface area (Å²) in [5, 5.41) is 5.35. The first kappa shape index (κ1) is 29.9. The molecule has 0 aliphatic rings. The molecule has 0 unspecified atom stereocenters. The first-order valence-corrected chi connectivity index (χ1v) is 17.2. The Kier molecular flexibility index (Phi) is 8.73. The molecule has 7 heteroatoms. The van der Waals surface area contributed by atoms with Gasteiger partial charge in [-0.2, -0.15) is 0 Å². The van der Waals surface area contributed by atoms with Crippen LogP contribution in [-0.4, -0.2) is 41.5 Å². The number of carbonyl (C=O) groups excluding carboxylic acids is 2. The molecular weight excluding hydrogens is 647 g/mol. The van der Waals surface area contributed by atoms with E-state index in [-0.39, 0.29) is 20.9 Å². The number of hydrogen-bond acceptors (Lipinski definition) is 4. The van der Waals surface area contributed by atoms with Crippen molar-refractivity contribution < 1.29 is 9.59 Å². The summed E-state index contributed by atoms with van der Waals surface area (Å²) < 4.78 is 0.329. The Bertz CT molecular complexity index is 2260. The molecule has 226 valence electrons. The van der Waals surface area contributed by atoms with Crippen molar-refractivity contribution in [2.45, 2.75) is 5.32 Å². The molecule has 0 spiro atoms. The molecule has 0 fully saturated rings. The standard InChI is InChI=1S/C40H28N4O2Se/c45-38(32-24-30-20-10-12-22-34(30)41-36(32)28-16-6-2-7-17-28)43-40(47-26-27-14-4-1-5-15-27)44-39(46)33-25-31-21-11-13-23-35(31)42-37(33)29-18-8-3-9-19-29/h1-25H,26H2,(H,43,44,45,46). The number of hydrogen-bond donors (Lipinski definition) is 1. The number of benzene rings is 5. The van der Waals surface area contributed by atoms with E-state index in [1.165, 1.54) is 0 Å². The molecule has 0 aliphatic heterocycles. The van der Waals surface area contributed by atoms with Gasteiger partial charge in [0.1, 0.15) is 0 Å². The fourth-order valence-electron chi connectivity index (χ4n) is 5.34. The van der Waals surface area contributed by atoms with Crippen LogP contribution in [0.15, 0.2) is 157 Å². The van der Waals surface area contributed by atoms with Gasteiger partial charge < -0.3 is 0 Å². The number of aromatic nitrogens is 2. The fraction of sp³-hybridized carbons (Fsp3) is 0.0250. The molecule has 47 heavy (non-hydrogen) atoms. The van der Waals surface area contributed by atoms with E-state index in [1.54, 1.807) is 0 Å². The van der Waals surface area contributed by atoms with E-state index in [0.29, 0.717) is 32.6 Å². The van der Waals surface area contributed by atoms with Gasteiger partial charge in [0, 0.05) is 0 Å². The molecule has 6 nitrogen and oxygen atoms in total. The molecule has 2 amide bonds. The first-order chi connectivity index (χ1) is 23.1. The minimum atomic E-state index is -0.465. The fourth-order valence-corrected chi connectivity index (χ4v) is 7.03. The van der Waals surface area contributed by atoms with Crippen molar-refractivity contribution >= 4 is 53.3 Å². The zero-order valence-electron chi connectivity index (χ0n) is 25.2. The number of fused-ring (bicyclic) bond motifs is 2. The summed E-state index contributed by atoms with van der Waals surface area (Å²) in [7, 11) is 0. The van der Waals surface area contributed by atoms with Crippen LogP contribution < -0.4 is 5.32 Å². The van der Waals surface area contributed by atoms with Crippen LogP contribution >= 0.6 is 0 Å². The molecule has 5 aromatic carbocycles. The average Bonchev–Trinajstić information content (AvgIpc) is 3.13. The predicted molar refractivity (Wildman–Crippen MR) is 189 cm³/mol. The number of pyridine rings is 2. The molecule has 7 rings (SSSR count). The molecule has 0 saturated carbocycles. The van der Waals surface area contributed by atoms with Crippen LogP contribution in [0.2, 0.25) is 0 Å². The van der Waals surface area contributed by atoms with Gasteiger partial charge in [-0.25, -0.2) is 0 Å². The van der Waals surface area contributed by atoms with Crippen LogP contribution in [0.4, 0.5) is 0 Å². The third kappa shape index (κ3) is 6.77. The van der Waals surface area contributed by atoms with Crippen molar-refractivity contribution in [1.82, 2.24) is 15.3 Å². The molecule has 1 N–H and O–H groups in total. The van der Waals surface area contributed by atoms with E-state index in [1.807, 2.05) is 152 Å². The Labute approximate surface area is 278 Å². The van der Waals surface area contributed by atoms with Crippen molar-refractivity contribution in [1.29, 1.82) is 0 Å². The van der Waals surface area contributed by atoms with E-state index >= 15 is 0 Å². The Morgan fingerprint density at radius 1 is 0.574 bits per heavy atom. The van der Waals surface area contributed by atoms with Gasteiger partial charge in [-0.3, -0.25) is 0 Å². The van der Waals surface area contributed by atoms with E-state index in [4.69, 9.17) is 9.97 Å². The number of carbonyl (C=O) groups is 2. The topological polar surface area (TPSA) is 84.3 Å². The number of nitrogens with zero attached hydrogens (tertiary/aromatic N) is 3. The number of amidine groups is 1.